The van der Waals surface area contributed by atoms with Gasteiger partial charge in [-0.05, 0) is 19.3 Å². The standard InChI is InChI=1S/C11H18N2O4S/c1-18(16,17)7-3-5-12-8-10(14)13-6-2-4-9(13)11(12)15/h9H,2-8H2,1H3. The van der Waals surface area contributed by atoms with Crippen LogP contribution in [0.25, 0.3) is 0 Å². The van der Waals surface area contributed by atoms with Gasteiger partial charge in [0.05, 0.1) is 12.3 Å². The summed E-state index contributed by atoms with van der Waals surface area (Å²) in [5.74, 6) is 0.0105. The van der Waals surface area contributed by atoms with Crippen LogP contribution in [0.1, 0.15) is 19.3 Å². The molecule has 0 N–H and O–H groups in total. The van der Waals surface area contributed by atoms with Crippen molar-refractivity contribution in [2.45, 2.75) is 25.3 Å². The number of carbonyl (C=O) groups is 2. The smallest absolute Gasteiger partial charge is 0.245 e. The van der Waals surface area contributed by atoms with E-state index in [1.807, 2.05) is 0 Å². The molecular weight excluding hydrogens is 256 g/mol. The minimum absolute atomic E-state index is 0.0172. The largest absolute Gasteiger partial charge is 0.332 e. The van der Waals surface area contributed by atoms with Crippen molar-refractivity contribution in [3.05, 3.63) is 0 Å². The van der Waals surface area contributed by atoms with E-state index in [0.29, 0.717) is 19.5 Å². The van der Waals surface area contributed by atoms with Gasteiger partial charge in [-0.3, -0.25) is 9.59 Å². The predicted octanol–water partition coefficient (Wildman–Crippen LogP) is -0.746. The molecule has 7 heteroatoms. The van der Waals surface area contributed by atoms with Crippen molar-refractivity contribution in [1.82, 2.24) is 9.80 Å². The third-order valence-corrected chi connectivity index (χ3v) is 4.47. The lowest BCUT2D eigenvalue weighted by atomic mass is 10.1. The fourth-order valence-electron chi connectivity index (χ4n) is 2.57. The Bertz CT molecular complexity index is 460. The van der Waals surface area contributed by atoms with Gasteiger partial charge in [0.15, 0.2) is 0 Å². The van der Waals surface area contributed by atoms with Crippen LogP contribution in [-0.2, 0) is 19.4 Å². The summed E-state index contributed by atoms with van der Waals surface area (Å²) in [6, 6.07) is -0.301. The maximum Gasteiger partial charge on any atom is 0.245 e. The number of fused-ring (bicyclic) bond motifs is 1. The van der Waals surface area contributed by atoms with Crippen molar-refractivity contribution in [3.63, 3.8) is 0 Å². The topological polar surface area (TPSA) is 74.8 Å². The maximum absolute atomic E-state index is 12.1. The Morgan fingerprint density at radius 1 is 1.33 bits per heavy atom. The first-order chi connectivity index (χ1) is 8.38. The molecule has 0 aromatic heterocycles. The molecule has 102 valence electrons. The number of sulfone groups is 1. The van der Waals surface area contributed by atoms with Gasteiger partial charge in [0.25, 0.3) is 0 Å². The van der Waals surface area contributed by atoms with E-state index >= 15 is 0 Å². The minimum atomic E-state index is -3.01. The number of piperazine rings is 1. The molecule has 0 aliphatic carbocycles. The molecule has 2 aliphatic rings. The van der Waals surface area contributed by atoms with E-state index in [9.17, 15) is 18.0 Å². The van der Waals surface area contributed by atoms with Crippen molar-refractivity contribution in [2.24, 2.45) is 0 Å². The highest BCUT2D eigenvalue weighted by Gasteiger charge is 2.41. The molecule has 0 aromatic rings. The Labute approximate surface area is 107 Å². The fraction of sp³-hybridized carbons (Fsp3) is 0.818. The zero-order chi connectivity index (χ0) is 13.3. The monoisotopic (exact) mass is 274 g/mol. The molecule has 2 saturated heterocycles. The summed E-state index contributed by atoms with van der Waals surface area (Å²) < 4.78 is 22.0. The van der Waals surface area contributed by atoms with Crippen LogP contribution in [0, 0.1) is 0 Å². The van der Waals surface area contributed by atoms with E-state index in [1.165, 1.54) is 11.2 Å². The highest BCUT2D eigenvalue weighted by molar-refractivity contribution is 7.90. The maximum atomic E-state index is 12.1. The zero-order valence-corrected chi connectivity index (χ0v) is 11.3. The van der Waals surface area contributed by atoms with Crippen molar-refractivity contribution in [1.29, 1.82) is 0 Å². The van der Waals surface area contributed by atoms with Crippen molar-refractivity contribution in [3.8, 4) is 0 Å². The Hall–Kier alpha value is -1.11. The van der Waals surface area contributed by atoms with Crippen LogP contribution in [0.4, 0.5) is 0 Å². The molecule has 2 aliphatic heterocycles. The molecule has 2 heterocycles. The van der Waals surface area contributed by atoms with E-state index < -0.39 is 9.84 Å². The van der Waals surface area contributed by atoms with Gasteiger partial charge >= 0.3 is 0 Å². The normalized spacial score (nSPS) is 24.6. The summed E-state index contributed by atoms with van der Waals surface area (Å²) in [5, 5.41) is 0. The van der Waals surface area contributed by atoms with Gasteiger partial charge in [0.1, 0.15) is 15.9 Å². The predicted molar refractivity (Wildman–Crippen MR) is 65.6 cm³/mol. The molecule has 1 unspecified atom stereocenters. The number of hydrogen-bond donors (Lipinski definition) is 0. The van der Waals surface area contributed by atoms with Gasteiger partial charge in [0, 0.05) is 19.3 Å². The van der Waals surface area contributed by atoms with Gasteiger partial charge in [-0.1, -0.05) is 0 Å². The summed E-state index contributed by atoms with van der Waals surface area (Å²) in [5.41, 5.74) is 0. The van der Waals surface area contributed by atoms with Crippen LogP contribution in [0.3, 0.4) is 0 Å². The summed E-state index contributed by atoms with van der Waals surface area (Å²) in [7, 11) is -3.01. The van der Waals surface area contributed by atoms with Gasteiger partial charge in [0.2, 0.25) is 11.8 Å². The van der Waals surface area contributed by atoms with Gasteiger partial charge in [-0.25, -0.2) is 8.42 Å². The second kappa shape index (κ2) is 4.87. The summed E-state index contributed by atoms with van der Waals surface area (Å²) in [6.45, 7) is 1.12. The van der Waals surface area contributed by atoms with E-state index in [0.717, 1.165) is 12.8 Å². The minimum Gasteiger partial charge on any atom is -0.332 e. The number of rotatable bonds is 4. The number of hydrogen-bond acceptors (Lipinski definition) is 4. The molecule has 18 heavy (non-hydrogen) atoms. The summed E-state index contributed by atoms with van der Waals surface area (Å²) in [6.07, 6.45) is 3.17. The van der Waals surface area contributed by atoms with Crippen LogP contribution in [-0.4, -0.2) is 67.7 Å². The van der Waals surface area contributed by atoms with Crippen molar-refractivity contribution >= 4 is 21.7 Å². The Balaban J connectivity index is 1.93. The molecule has 0 spiro atoms. The van der Waals surface area contributed by atoms with Gasteiger partial charge in [-0.15, -0.1) is 0 Å². The summed E-state index contributed by atoms with van der Waals surface area (Å²) >= 11 is 0. The summed E-state index contributed by atoms with van der Waals surface area (Å²) in [4.78, 5) is 27.0. The van der Waals surface area contributed by atoms with Crippen LogP contribution < -0.4 is 0 Å². The number of nitrogens with zero attached hydrogens (tertiary/aromatic N) is 2. The number of amides is 2. The molecule has 2 rings (SSSR count). The molecule has 2 fully saturated rings. The fourth-order valence-corrected chi connectivity index (χ4v) is 3.23. The lowest BCUT2D eigenvalue weighted by Gasteiger charge is -2.36. The SMILES string of the molecule is CS(=O)(=O)CCCN1CC(=O)N2CCCC2C1=O. The lowest BCUT2D eigenvalue weighted by molar-refractivity contribution is -0.153. The molecule has 0 saturated carbocycles. The van der Waals surface area contributed by atoms with Gasteiger partial charge < -0.3 is 9.80 Å². The second-order valence-corrected chi connectivity index (χ2v) is 7.25. The number of carbonyl (C=O) groups excluding carboxylic acids is 2. The van der Waals surface area contributed by atoms with Crippen LogP contribution in [0.5, 0.6) is 0 Å². The Kier molecular flexibility index (Phi) is 3.61. The van der Waals surface area contributed by atoms with E-state index in [1.54, 1.807) is 4.90 Å². The zero-order valence-electron chi connectivity index (χ0n) is 10.5. The van der Waals surface area contributed by atoms with Crippen molar-refractivity contribution in [2.75, 3.05) is 31.6 Å². The first-order valence-electron chi connectivity index (χ1n) is 6.14. The van der Waals surface area contributed by atoms with E-state index in [4.69, 9.17) is 0 Å². The highest BCUT2D eigenvalue weighted by atomic mass is 32.2. The van der Waals surface area contributed by atoms with Crippen LogP contribution in [0.2, 0.25) is 0 Å². The molecule has 0 bridgehead atoms. The first kappa shape index (κ1) is 13.3. The Morgan fingerprint density at radius 3 is 2.72 bits per heavy atom. The average molecular weight is 274 g/mol. The highest BCUT2D eigenvalue weighted by Crippen LogP contribution is 2.23. The molecular formula is C11H18N2O4S. The molecule has 0 aromatic carbocycles. The third kappa shape index (κ3) is 2.82. The van der Waals surface area contributed by atoms with Gasteiger partial charge in [-0.2, -0.15) is 0 Å². The van der Waals surface area contributed by atoms with Crippen molar-refractivity contribution < 1.29 is 18.0 Å². The first-order valence-corrected chi connectivity index (χ1v) is 8.20. The Morgan fingerprint density at radius 2 is 2.06 bits per heavy atom. The van der Waals surface area contributed by atoms with Crippen LogP contribution >= 0.6 is 0 Å². The molecule has 0 radical (unpaired) electrons. The molecule has 1 atom stereocenters. The second-order valence-electron chi connectivity index (χ2n) is 4.99. The third-order valence-electron chi connectivity index (χ3n) is 3.44. The molecule has 6 nitrogen and oxygen atoms in total. The lowest BCUT2D eigenvalue weighted by Crippen LogP contribution is -2.57. The van der Waals surface area contributed by atoms with E-state index in [2.05, 4.69) is 0 Å². The van der Waals surface area contributed by atoms with E-state index in [-0.39, 0.29) is 30.2 Å². The quantitative estimate of drug-likeness (QED) is 0.676. The van der Waals surface area contributed by atoms with Crippen LogP contribution in [0.15, 0.2) is 0 Å². The molecule has 2 amide bonds. The average Bonchev–Trinajstić information content (AvgIpc) is 2.72.